The molecule has 0 aliphatic rings. The van der Waals surface area contributed by atoms with Crippen molar-refractivity contribution in [1.82, 2.24) is 10.2 Å². The molecule has 2 N–H and O–H groups in total. The van der Waals surface area contributed by atoms with Crippen molar-refractivity contribution in [2.24, 2.45) is 0 Å². The Labute approximate surface area is 115 Å². The highest BCUT2D eigenvalue weighted by Gasteiger charge is 2.17. The maximum atomic E-state index is 12.1. The minimum atomic E-state index is -3.70. The van der Waals surface area contributed by atoms with Gasteiger partial charge >= 0.3 is 0 Å². The Hall–Kier alpha value is -1.51. The highest BCUT2D eigenvalue weighted by Crippen LogP contribution is 2.21. The third-order valence-corrected chi connectivity index (χ3v) is 4.77. The summed E-state index contributed by atoms with van der Waals surface area (Å²) in [6.07, 6.45) is 0. The Kier molecular flexibility index (Phi) is 3.83. The van der Waals surface area contributed by atoms with E-state index in [-0.39, 0.29) is 16.6 Å². The lowest BCUT2D eigenvalue weighted by molar-refractivity contribution is 0.281. The van der Waals surface area contributed by atoms with E-state index in [0.29, 0.717) is 10.6 Å². The molecule has 6 nitrogen and oxygen atoms in total. The molecular weight excluding hydrogens is 286 g/mol. The van der Waals surface area contributed by atoms with Gasteiger partial charge in [-0.3, -0.25) is 4.72 Å². The number of aryl methyl sites for hydroxylation is 2. The molecule has 0 aliphatic carbocycles. The number of hydrogen-bond donors (Lipinski definition) is 2. The Morgan fingerprint density at radius 1 is 1.32 bits per heavy atom. The molecule has 0 bridgehead atoms. The van der Waals surface area contributed by atoms with Crippen LogP contribution in [0.4, 0.5) is 5.13 Å². The van der Waals surface area contributed by atoms with Gasteiger partial charge in [0.2, 0.25) is 5.13 Å². The van der Waals surface area contributed by atoms with Crippen molar-refractivity contribution in [3.63, 3.8) is 0 Å². The van der Waals surface area contributed by atoms with E-state index in [2.05, 4.69) is 14.9 Å². The summed E-state index contributed by atoms with van der Waals surface area (Å²) in [6.45, 7) is 3.35. The van der Waals surface area contributed by atoms with Crippen LogP contribution in [0.5, 0.6) is 0 Å². The molecule has 0 saturated carbocycles. The van der Waals surface area contributed by atoms with E-state index in [9.17, 15) is 8.42 Å². The quantitative estimate of drug-likeness (QED) is 0.891. The molecule has 0 unspecified atom stereocenters. The van der Waals surface area contributed by atoms with Gasteiger partial charge in [0, 0.05) is 0 Å². The van der Waals surface area contributed by atoms with Gasteiger partial charge in [-0.05, 0) is 37.1 Å². The number of nitrogens with zero attached hydrogens (tertiary/aromatic N) is 2. The monoisotopic (exact) mass is 299 g/mol. The van der Waals surface area contributed by atoms with Gasteiger partial charge in [-0.25, -0.2) is 8.42 Å². The van der Waals surface area contributed by atoms with Crippen LogP contribution >= 0.6 is 11.3 Å². The molecule has 102 valence electrons. The first kappa shape index (κ1) is 13.9. The number of aromatic nitrogens is 2. The van der Waals surface area contributed by atoms with Crippen molar-refractivity contribution in [3.8, 4) is 0 Å². The fourth-order valence-electron chi connectivity index (χ4n) is 1.50. The first-order valence-electron chi connectivity index (χ1n) is 5.45. The lowest BCUT2D eigenvalue weighted by atomic mass is 10.1. The molecule has 0 aliphatic heterocycles. The predicted octanol–water partition coefficient (Wildman–Crippen LogP) is 1.45. The average molecular weight is 299 g/mol. The summed E-state index contributed by atoms with van der Waals surface area (Å²) in [6, 6.07) is 4.60. The van der Waals surface area contributed by atoms with E-state index in [1.54, 1.807) is 13.0 Å². The average Bonchev–Trinajstić information content (AvgIpc) is 2.74. The SMILES string of the molecule is Cc1nnc(NS(=O)(=O)c2ccc(C)c(CO)c2)s1. The zero-order chi connectivity index (χ0) is 14.0. The van der Waals surface area contributed by atoms with Gasteiger partial charge in [-0.2, -0.15) is 0 Å². The number of sulfonamides is 1. The lowest BCUT2D eigenvalue weighted by Gasteiger charge is -2.08. The van der Waals surface area contributed by atoms with Crippen LogP contribution in [0, 0.1) is 13.8 Å². The van der Waals surface area contributed by atoms with E-state index >= 15 is 0 Å². The van der Waals surface area contributed by atoms with E-state index in [4.69, 9.17) is 5.11 Å². The van der Waals surface area contributed by atoms with E-state index in [1.165, 1.54) is 12.1 Å². The predicted molar refractivity (Wildman–Crippen MR) is 72.6 cm³/mol. The van der Waals surface area contributed by atoms with Crippen LogP contribution in [0.2, 0.25) is 0 Å². The molecule has 0 atom stereocenters. The third-order valence-electron chi connectivity index (χ3n) is 2.55. The smallest absolute Gasteiger partial charge is 0.263 e. The van der Waals surface area contributed by atoms with Crippen molar-refractivity contribution in [3.05, 3.63) is 34.3 Å². The largest absolute Gasteiger partial charge is 0.392 e. The summed E-state index contributed by atoms with van der Waals surface area (Å²) in [4.78, 5) is 0.0926. The molecule has 0 spiro atoms. The maximum Gasteiger partial charge on any atom is 0.263 e. The molecule has 1 aromatic heterocycles. The molecule has 19 heavy (non-hydrogen) atoms. The molecule has 0 radical (unpaired) electrons. The molecule has 1 aromatic carbocycles. The van der Waals surface area contributed by atoms with Gasteiger partial charge in [0.1, 0.15) is 5.01 Å². The Morgan fingerprint density at radius 3 is 2.63 bits per heavy atom. The molecule has 1 heterocycles. The number of aliphatic hydroxyl groups is 1. The van der Waals surface area contributed by atoms with Crippen molar-refractivity contribution in [2.45, 2.75) is 25.3 Å². The summed E-state index contributed by atoms with van der Waals surface area (Å²) in [7, 11) is -3.70. The standard InChI is InChI=1S/C11H13N3O3S2/c1-7-3-4-10(5-9(7)6-15)19(16,17)14-11-13-12-8(2)18-11/h3-5,15H,6H2,1-2H3,(H,13,14). The van der Waals surface area contributed by atoms with Crippen LogP contribution in [-0.4, -0.2) is 23.7 Å². The normalized spacial score (nSPS) is 11.5. The lowest BCUT2D eigenvalue weighted by Crippen LogP contribution is -2.13. The number of hydrogen-bond acceptors (Lipinski definition) is 6. The molecule has 2 aromatic rings. The Balaban J connectivity index is 2.34. The first-order chi connectivity index (χ1) is 8.92. The molecule has 0 fully saturated rings. The first-order valence-corrected chi connectivity index (χ1v) is 7.75. The second-order valence-corrected chi connectivity index (χ2v) is 6.84. The van der Waals surface area contributed by atoms with Crippen molar-refractivity contribution < 1.29 is 13.5 Å². The van der Waals surface area contributed by atoms with Crippen molar-refractivity contribution in [2.75, 3.05) is 4.72 Å². The number of rotatable bonds is 4. The van der Waals surface area contributed by atoms with Gasteiger partial charge in [-0.1, -0.05) is 17.4 Å². The van der Waals surface area contributed by atoms with E-state index in [1.807, 2.05) is 6.92 Å². The summed E-state index contributed by atoms with van der Waals surface area (Å²) in [5, 5.41) is 17.5. The van der Waals surface area contributed by atoms with Crippen LogP contribution in [0.3, 0.4) is 0 Å². The van der Waals surface area contributed by atoms with Crippen LogP contribution in [0.15, 0.2) is 23.1 Å². The van der Waals surface area contributed by atoms with Crippen molar-refractivity contribution in [1.29, 1.82) is 0 Å². The number of nitrogens with one attached hydrogen (secondary N) is 1. The van der Waals surface area contributed by atoms with Gasteiger partial charge in [0.05, 0.1) is 11.5 Å². The maximum absolute atomic E-state index is 12.1. The third kappa shape index (κ3) is 3.09. The van der Waals surface area contributed by atoms with E-state index < -0.39 is 10.0 Å². The van der Waals surface area contributed by atoms with E-state index in [0.717, 1.165) is 16.9 Å². The highest BCUT2D eigenvalue weighted by atomic mass is 32.2. The summed E-state index contributed by atoms with van der Waals surface area (Å²) in [5.41, 5.74) is 1.42. The molecule has 0 amide bonds. The second kappa shape index (κ2) is 5.24. The van der Waals surface area contributed by atoms with Crippen molar-refractivity contribution >= 4 is 26.5 Å². The topological polar surface area (TPSA) is 92.2 Å². The fraction of sp³-hybridized carbons (Fsp3) is 0.273. The minimum absolute atomic E-state index is 0.0926. The van der Waals surface area contributed by atoms with Gasteiger partial charge in [-0.15, -0.1) is 10.2 Å². The molecule has 0 saturated heterocycles. The van der Waals surface area contributed by atoms with Crippen LogP contribution in [0.1, 0.15) is 16.1 Å². The Bertz CT molecular complexity index is 695. The highest BCUT2D eigenvalue weighted by molar-refractivity contribution is 7.93. The van der Waals surface area contributed by atoms with Crippen LogP contribution in [0.25, 0.3) is 0 Å². The summed E-state index contributed by atoms with van der Waals surface area (Å²) in [5.74, 6) is 0. The molecule has 2 rings (SSSR count). The second-order valence-electron chi connectivity index (χ2n) is 3.98. The van der Waals surface area contributed by atoms with Gasteiger partial charge in [0.25, 0.3) is 10.0 Å². The fourth-order valence-corrected chi connectivity index (χ4v) is 3.37. The van der Waals surface area contributed by atoms with Crippen LogP contribution < -0.4 is 4.72 Å². The minimum Gasteiger partial charge on any atom is -0.392 e. The summed E-state index contributed by atoms with van der Waals surface area (Å²) < 4.78 is 26.6. The molecular formula is C11H13N3O3S2. The Morgan fingerprint density at radius 2 is 2.05 bits per heavy atom. The number of benzene rings is 1. The molecule has 8 heteroatoms. The number of aliphatic hydroxyl groups excluding tert-OH is 1. The summed E-state index contributed by atoms with van der Waals surface area (Å²) >= 11 is 1.16. The van der Waals surface area contributed by atoms with Crippen LogP contribution in [-0.2, 0) is 16.6 Å². The zero-order valence-electron chi connectivity index (χ0n) is 10.4. The number of anilines is 1. The van der Waals surface area contributed by atoms with Gasteiger partial charge < -0.3 is 5.11 Å². The van der Waals surface area contributed by atoms with Gasteiger partial charge in [0.15, 0.2) is 0 Å². The zero-order valence-corrected chi connectivity index (χ0v) is 12.0.